The molecule has 168 valence electrons. The van der Waals surface area contributed by atoms with Gasteiger partial charge >= 0.3 is 5.97 Å². The number of carbonyl (C=O) groups excluding carboxylic acids is 3. The number of thiophene rings is 1. The van der Waals surface area contributed by atoms with Crippen molar-refractivity contribution >= 4 is 45.7 Å². The quantitative estimate of drug-likeness (QED) is 0.428. The summed E-state index contributed by atoms with van der Waals surface area (Å²) in [5, 5.41) is 3.32. The fraction of sp³-hybridized carbons (Fsp3) is 0.227. The van der Waals surface area contributed by atoms with E-state index in [2.05, 4.69) is 5.32 Å². The first kappa shape index (κ1) is 23.4. The van der Waals surface area contributed by atoms with E-state index < -0.39 is 17.8 Å². The molecule has 3 N–H and O–H groups in total. The molecule has 10 heteroatoms. The van der Waals surface area contributed by atoms with E-state index in [1.54, 1.807) is 37.3 Å². The number of esters is 1. The Balaban J connectivity index is 1.74. The van der Waals surface area contributed by atoms with Crippen LogP contribution in [0.2, 0.25) is 5.02 Å². The van der Waals surface area contributed by atoms with Crippen molar-refractivity contribution in [3.05, 3.63) is 68.9 Å². The number of amides is 2. The maximum absolute atomic E-state index is 12.7. The minimum absolute atomic E-state index is 0.00856. The van der Waals surface area contributed by atoms with E-state index in [-0.39, 0.29) is 34.4 Å². The third-order valence-corrected chi connectivity index (χ3v) is 5.76. The number of anilines is 1. The molecule has 2 aromatic heterocycles. The summed E-state index contributed by atoms with van der Waals surface area (Å²) in [7, 11) is 0. The lowest BCUT2D eigenvalue weighted by Gasteiger charge is -2.07. The predicted molar refractivity (Wildman–Crippen MR) is 121 cm³/mol. The summed E-state index contributed by atoms with van der Waals surface area (Å²) >= 11 is 6.84. The molecule has 32 heavy (non-hydrogen) atoms. The van der Waals surface area contributed by atoms with Gasteiger partial charge in [-0.05, 0) is 49.2 Å². The number of nitrogens with two attached hydrogens (primary N) is 1. The second-order valence-corrected chi connectivity index (χ2v) is 8.18. The van der Waals surface area contributed by atoms with Crippen LogP contribution in [0.5, 0.6) is 5.75 Å². The molecule has 0 aliphatic rings. The van der Waals surface area contributed by atoms with Crippen LogP contribution in [-0.4, -0.2) is 24.4 Å². The van der Waals surface area contributed by atoms with Gasteiger partial charge < -0.3 is 24.9 Å². The molecule has 0 unspecified atom stereocenters. The average Bonchev–Trinajstić information content (AvgIpc) is 3.35. The number of carbonyl (C=O) groups is 3. The Kier molecular flexibility index (Phi) is 7.55. The van der Waals surface area contributed by atoms with Gasteiger partial charge in [0.25, 0.3) is 11.8 Å². The van der Waals surface area contributed by atoms with Crippen LogP contribution in [0.4, 0.5) is 5.00 Å². The van der Waals surface area contributed by atoms with Crippen LogP contribution in [-0.2, 0) is 11.3 Å². The number of ether oxygens (including phenoxy) is 2. The topological polar surface area (TPSA) is 121 Å². The number of benzene rings is 1. The second-order valence-electron chi connectivity index (χ2n) is 6.73. The molecule has 1 aromatic carbocycles. The molecule has 0 fully saturated rings. The van der Waals surface area contributed by atoms with Crippen LogP contribution in [0.3, 0.4) is 0 Å². The number of primary amides is 1. The van der Waals surface area contributed by atoms with Crippen molar-refractivity contribution in [3.8, 4) is 5.75 Å². The summed E-state index contributed by atoms with van der Waals surface area (Å²) in [6.45, 7) is 3.73. The number of hydrogen-bond donors (Lipinski definition) is 2. The lowest BCUT2D eigenvalue weighted by atomic mass is 10.1. The Morgan fingerprint density at radius 1 is 1.22 bits per heavy atom. The summed E-state index contributed by atoms with van der Waals surface area (Å²) in [6.07, 6.45) is 0.631. The maximum Gasteiger partial charge on any atom is 0.341 e. The van der Waals surface area contributed by atoms with Crippen molar-refractivity contribution in [1.29, 1.82) is 0 Å². The Bertz CT molecular complexity index is 1150. The van der Waals surface area contributed by atoms with Gasteiger partial charge in [0.15, 0.2) is 5.76 Å². The number of halogens is 1. The minimum atomic E-state index is -0.698. The van der Waals surface area contributed by atoms with Gasteiger partial charge in [0.1, 0.15) is 23.1 Å². The van der Waals surface area contributed by atoms with Gasteiger partial charge in [0, 0.05) is 5.02 Å². The Morgan fingerprint density at radius 2 is 2.00 bits per heavy atom. The first-order valence-electron chi connectivity index (χ1n) is 9.68. The van der Waals surface area contributed by atoms with Crippen LogP contribution >= 0.6 is 22.9 Å². The second kappa shape index (κ2) is 10.3. The fourth-order valence-corrected chi connectivity index (χ4v) is 4.03. The normalized spacial score (nSPS) is 10.6. The molecule has 0 saturated heterocycles. The van der Waals surface area contributed by atoms with Gasteiger partial charge in [-0.25, -0.2) is 4.79 Å². The zero-order chi connectivity index (χ0) is 23.3. The van der Waals surface area contributed by atoms with Crippen LogP contribution in [0.15, 0.2) is 40.8 Å². The van der Waals surface area contributed by atoms with Crippen LogP contribution in [0, 0.1) is 6.92 Å². The van der Waals surface area contributed by atoms with E-state index in [9.17, 15) is 14.4 Å². The molecule has 2 amide bonds. The molecule has 0 radical (unpaired) electrons. The highest BCUT2D eigenvalue weighted by atomic mass is 35.5. The molecule has 2 heterocycles. The van der Waals surface area contributed by atoms with E-state index in [0.29, 0.717) is 28.5 Å². The molecule has 0 aliphatic carbocycles. The van der Waals surface area contributed by atoms with Gasteiger partial charge in [-0.1, -0.05) is 24.6 Å². The number of hydrogen-bond acceptors (Lipinski definition) is 7. The maximum atomic E-state index is 12.7. The average molecular weight is 477 g/mol. The summed E-state index contributed by atoms with van der Waals surface area (Å²) in [6, 6.07) is 9.97. The number of furan rings is 1. The van der Waals surface area contributed by atoms with Crippen molar-refractivity contribution < 1.29 is 28.3 Å². The van der Waals surface area contributed by atoms with Crippen molar-refractivity contribution in [2.45, 2.75) is 26.9 Å². The van der Waals surface area contributed by atoms with Crippen molar-refractivity contribution in [2.24, 2.45) is 5.73 Å². The number of rotatable bonds is 9. The molecular formula is C22H21ClN2O6S. The van der Waals surface area contributed by atoms with Gasteiger partial charge in [-0.2, -0.15) is 0 Å². The first-order valence-corrected chi connectivity index (χ1v) is 10.9. The van der Waals surface area contributed by atoms with E-state index in [4.69, 9.17) is 31.2 Å². The lowest BCUT2D eigenvalue weighted by Crippen LogP contribution is -2.15. The van der Waals surface area contributed by atoms with E-state index in [0.717, 1.165) is 11.3 Å². The minimum Gasteiger partial charge on any atom is -0.486 e. The van der Waals surface area contributed by atoms with Crippen LogP contribution in [0.25, 0.3) is 0 Å². The molecular weight excluding hydrogens is 456 g/mol. The Morgan fingerprint density at radius 3 is 2.69 bits per heavy atom. The van der Waals surface area contributed by atoms with E-state index in [1.165, 1.54) is 6.07 Å². The third-order valence-electron chi connectivity index (χ3n) is 4.30. The Hall–Kier alpha value is -3.30. The highest BCUT2D eigenvalue weighted by molar-refractivity contribution is 7.18. The molecule has 3 aromatic rings. The largest absolute Gasteiger partial charge is 0.486 e. The SMILES string of the molecule is CCCOC(=O)c1c(NC(=O)c2ccc(COc3cccc(Cl)c3)o2)sc(C(N)=O)c1C. The van der Waals surface area contributed by atoms with E-state index in [1.807, 2.05) is 6.92 Å². The predicted octanol–water partition coefficient (Wildman–Crippen LogP) is 4.80. The standard InChI is InChI=1S/C22H21ClN2O6S/c1-3-9-29-22(28)17-12(2)18(19(24)26)32-21(17)25-20(27)16-8-7-15(31-16)11-30-14-6-4-5-13(23)10-14/h4-8,10H,3,9,11H2,1-2H3,(H2,24,26)(H,25,27). The van der Waals surface area contributed by atoms with Crippen molar-refractivity contribution in [1.82, 2.24) is 0 Å². The highest BCUT2D eigenvalue weighted by Gasteiger charge is 2.26. The van der Waals surface area contributed by atoms with Crippen LogP contribution in [0.1, 0.15) is 55.3 Å². The monoisotopic (exact) mass is 476 g/mol. The zero-order valence-electron chi connectivity index (χ0n) is 17.4. The summed E-state index contributed by atoms with van der Waals surface area (Å²) in [4.78, 5) is 37.1. The van der Waals surface area contributed by atoms with Crippen molar-refractivity contribution in [2.75, 3.05) is 11.9 Å². The summed E-state index contributed by atoms with van der Waals surface area (Å²) in [5.74, 6) is -0.953. The molecule has 0 saturated carbocycles. The molecule has 3 rings (SSSR count). The molecule has 8 nitrogen and oxygen atoms in total. The lowest BCUT2D eigenvalue weighted by molar-refractivity contribution is 0.0506. The zero-order valence-corrected chi connectivity index (χ0v) is 19.0. The molecule has 0 atom stereocenters. The van der Waals surface area contributed by atoms with Gasteiger partial charge in [0.2, 0.25) is 0 Å². The molecule has 0 aliphatic heterocycles. The van der Waals surface area contributed by atoms with Gasteiger partial charge in [-0.15, -0.1) is 11.3 Å². The fourth-order valence-electron chi connectivity index (χ4n) is 2.80. The third kappa shape index (κ3) is 5.49. The van der Waals surface area contributed by atoms with Gasteiger partial charge in [0.05, 0.1) is 17.0 Å². The van der Waals surface area contributed by atoms with E-state index >= 15 is 0 Å². The van der Waals surface area contributed by atoms with Crippen molar-refractivity contribution in [3.63, 3.8) is 0 Å². The van der Waals surface area contributed by atoms with Crippen LogP contribution < -0.4 is 15.8 Å². The summed E-state index contributed by atoms with van der Waals surface area (Å²) < 4.78 is 16.3. The Labute approximate surface area is 193 Å². The highest BCUT2D eigenvalue weighted by Crippen LogP contribution is 2.34. The molecule has 0 bridgehead atoms. The van der Waals surface area contributed by atoms with Gasteiger partial charge in [-0.3, -0.25) is 9.59 Å². The smallest absolute Gasteiger partial charge is 0.341 e. The number of nitrogens with one attached hydrogen (secondary N) is 1. The summed E-state index contributed by atoms with van der Waals surface area (Å²) in [5.41, 5.74) is 5.85. The first-order chi connectivity index (χ1) is 15.3. The molecule has 0 spiro atoms.